The standard InChI is InChI=1S/C20H32N4O2/c1-17-19(21-8-15-26-17)20(25)24-13-11-23(12-14-24)10-9-22(2)16-18-6-4-3-5-7-18/h3-7,17,19,21H,8-16H2,1-2H3/t17-,19+/m1/s1. The van der Waals surface area contributed by atoms with E-state index in [-0.39, 0.29) is 18.1 Å². The fourth-order valence-corrected chi connectivity index (χ4v) is 3.68. The first-order valence-corrected chi connectivity index (χ1v) is 9.72. The summed E-state index contributed by atoms with van der Waals surface area (Å²) in [6.07, 6.45) is -0.0408. The summed E-state index contributed by atoms with van der Waals surface area (Å²) in [5, 5.41) is 3.30. The average molecular weight is 361 g/mol. The summed E-state index contributed by atoms with van der Waals surface area (Å²) in [5.41, 5.74) is 1.35. The van der Waals surface area contributed by atoms with Crippen LogP contribution in [0, 0.1) is 0 Å². The number of nitrogens with zero attached hydrogens (tertiary/aromatic N) is 3. The van der Waals surface area contributed by atoms with Crippen LogP contribution in [0.5, 0.6) is 0 Å². The second kappa shape index (κ2) is 9.46. The van der Waals surface area contributed by atoms with Crippen LogP contribution >= 0.6 is 0 Å². The van der Waals surface area contributed by atoms with Crippen molar-refractivity contribution in [3.63, 3.8) is 0 Å². The Hall–Kier alpha value is -1.47. The molecule has 26 heavy (non-hydrogen) atoms. The summed E-state index contributed by atoms with van der Waals surface area (Å²) < 4.78 is 5.61. The molecule has 0 saturated carbocycles. The number of nitrogens with one attached hydrogen (secondary N) is 1. The Balaban J connectivity index is 1.37. The number of likely N-dealkylation sites (N-methyl/N-ethyl adjacent to an activating group) is 1. The van der Waals surface area contributed by atoms with E-state index in [4.69, 9.17) is 4.74 Å². The highest BCUT2D eigenvalue weighted by Gasteiger charge is 2.33. The van der Waals surface area contributed by atoms with E-state index in [2.05, 4.69) is 52.5 Å². The molecular weight excluding hydrogens is 328 g/mol. The van der Waals surface area contributed by atoms with Crippen LogP contribution in [0.15, 0.2) is 30.3 Å². The topological polar surface area (TPSA) is 48.1 Å². The van der Waals surface area contributed by atoms with Gasteiger partial charge >= 0.3 is 0 Å². The second-order valence-electron chi connectivity index (χ2n) is 7.40. The Morgan fingerprint density at radius 1 is 1.23 bits per heavy atom. The number of amides is 1. The molecule has 1 aromatic rings. The van der Waals surface area contributed by atoms with Gasteiger partial charge in [0.25, 0.3) is 0 Å². The average Bonchev–Trinajstić information content (AvgIpc) is 2.67. The SMILES string of the molecule is C[C@H]1OCCN[C@@H]1C(=O)N1CCN(CCN(C)Cc2ccccc2)CC1. The minimum Gasteiger partial charge on any atom is -0.375 e. The molecular formula is C20H32N4O2. The Bertz CT molecular complexity index is 560. The van der Waals surface area contributed by atoms with Crippen molar-refractivity contribution in [2.24, 2.45) is 0 Å². The van der Waals surface area contributed by atoms with Crippen molar-refractivity contribution in [3.8, 4) is 0 Å². The van der Waals surface area contributed by atoms with E-state index < -0.39 is 0 Å². The van der Waals surface area contributed by atoms with Crippen LogP contribution in [0.2, 0.25) is 0 Å². The minimum absolute atomic E-state index is 0.0408. The number of hydrogen-bond donors (Lipinski definition) is 1. The van der Waals surface area contributed by atoms with Gasteiger partial charge in [-0.3, -0.25) is 9.69 Å². The maximum atomic E-state index is 12.7. The highest BCUT2D eigenvalue weighted by molar-refractivity contribution is 5.82. The molecule has 2 saturated heterocycles. The number of piperazine rings is 1. The maximum Gasteiger partial charge on any atom is 0.242 e. The van der Waals surface area contributed by atoms with Crippen molar-refractivity contribution in [2.45, 2.75) is 25.6 Å². The zero-order chi connectivity index (χ0) is 18.4. The largest absolute Gasteiger partial charge is 0.375 e. The Morgan fingerprint density at radius 2 is 1.96 bits per heavy atom. The first-order chi connectivity index (χ1) is 12.6. The second-order valence-corrected chi connectivity index (χ2v) is 7.40. The number of morpholine rings is 1. The van der Waals surface area contributed by atoms with Gasteiger partial charge < -0.3 is 19.9 Å². The molecule has 144 valence electrons. The molecule has 0 radical (unpaired) electrons. The quantitative estimate of drug-likeness (QED) is 0.807. The van der Waals surface area contributed by atoms with Gasteiger partial charge in [-0.15, -0.1) is 0 Å². The van der Waals surface area contributed by atoms with Crippen LogP contribution in [-0.2, 0) is 16.1 Å². The Morgan fingerprint density at radius 3 is 2.65 bits per heavy atom. The van der Waals surface area contributed by atoms with Crippen LogP contribution in [0.4, 0.5) is 0 Å². The number of benzene rings is 1. The number of rotatable bonds is 6. The minimum atomic E-state index is -0.188. The molecule has 1 aromatic carbocycles. The Kier molecular flexibility index (Phi) is 7.02. The van der Waals surface area contributed by atoms with Gasteiger partial charge in [-0.25, -0.2) is 0 Å². The summed E-state index contributed by atoms with van der Waals surface area (Å²) >= 11 is 0. The van der Waals surface area contributed by atoms with Gasteiger partial charge in [0.05, 0.1) is 12.7 Å². The lowest BCUT2D eigenvalue weighted by atomic mass is 10.1. The van der Waals surface area contributed by atoms with E-state index in [1.54, 1.807) is 0 Å². The predicted octanol–water partition coefficient (Wildman–Crippen LogP) is 0.640. The van der Waals surface area contributed by atoms with Gasteiger partial charge in [0.2, 0.25) is 5.91 Å². The zero-order valence-corrected chi connectivity index (χ0v) is 16.1. The first kappa shape index (κ1) is 19.3. The van der Waals surface area contributed by atoms with Crippen LogP contribution in [0.3, 0.4) is 0 Å². The summed E-state index contributed by atoms with van der Waals surface area (Å²) in [4.78, 5) is 19.5. The maximum absolute atomic E-state index is 12.7. The molecule has 2 aliphatic rings. The van der Waals surface area contributed by atoms with Crippen molar-refractivity contribution < 1.29 is 9.53 Å². The van der Waals surface area contributed by atoms with Gasteiger partial charge in [0.15, 0.2) is 0 Å². The van der Waals surface area contributed by atoms with Crippen LogP contribution in [-0.4, -0.2) is 92.2 Å². The summed E-state index contributed by atoms with van der Waals surface area (Å²) in [5.74, 6) is 0.193. The molecule has 0 bridgehead atoms. The molecule has 3 rings (SSSR count). The molecule has 0 spiro atoms. The molecule has 2 aliphatic heterocycles. The van der Waals surface area contributed by atoms with Crippen LogP contribution in [0.25, 0.3) is 0 Å². The number of ether oxygens (including phenoxy) is 1. The van der Waals surface area contributed by atoms with E-state index in [1.165, 1.54) is 5.56 Å². The smallest absolute Gasteiger partial charge is 0.242 e. The molecule has 1 N–H and O–H groups in total. The fourth-order valence-electron chi connectivity index (χ4n) is 3.68. The third kappa shape index (κ3) is 5.27. The lowest BCUT2D eigenvalue weighted by molar-refractivity contribution is -0.141. The molecule has 2 atom stereocenters. The van der Waals surface area contributed by atoms with E-state index >= 15 is 0 Å². The number of hydrogen-bond acceptors (Lipinski definition) is 5. The van der Waals surface area contributed by atoms with Crippen molar-refractivity contribution in [2.75, 3.05) is 59.5 Å². The van der Waals surface area contributed by atoms with E-state index in [0.29, 0.717) is 6.61 Å². The lowest BCUT2D eigenvalue weighted by Crippen LogP contribution is -2.59. The lowest BCUT2D eigenvalue weighted by Gasteiger charge is -2.39. The van der Waals surface area contributed by atoms with Crippen molar-refractivity contribution in [1.82, 2.24) is 20.0 Å². The van der Waals surface area contributed by atoms with E-state index in [1.807, 2.05) is 11.8 Å². The predicted molar refractivity (Wildman–Crippen MR) is 103 cm³/mol. The van der Waals surface area contributed by atoms with E-state index in [9.17, 15) is 4.79 Å². The molecule has 6 nitrogen and oxygen atoms in total. The van der Waals surface area contributed by atoms with Crippen LogP contribution in [0.1, 0.15) is 12.5 Å². The monoisotopic (exact) mass is 360 g/mol. The van der Waals surface area contributed by atoms with Crippen molar-refractivity contribution >= 4 is 5.91 Å². The zero-order valence-electron chi connectivity index (χ0n) is 16.1. The van der Waals surface area contributed by atoms with E-state index in [0.717, 1.165) is 52.4 Å². The molecule has 0 aliphatic carbocycles. The van der Waals surface area contributed by atoms with Gasteiger partial charge in [0.1, 0.15) is 6.04 Å². The summed E-state index contributed by atoms with van der Waals surface area (Å²) in [7, 11) is 2.17. The van der Waals surface area contributed by atoms with Gasteiger partial charge in [-0.05, 0) is 19.5 Å². The highest BCUT2D eigenvalue weighted by Crippen LogP contribution is 2.11. The fraction of sp³-hybridized carbons (Fsp3) is 0.650. The highest BCUT2D eigenvalue weighted by atomic mass is 16.5. The third-order valence-electron chi connectivity index (χ3n) is 5.36. The molecule has 2 heterocycles. The van der Waals surface area contributed by atoms with Crippen molar-refractivity contribution in [1.29, 1.82) is 0 Å². The molecule has 6 heteroatoms. The van der Waals surface area contributed by atoms with Gasteiger partial charge in [0, 0.05) is 52.4 Å². The van der Waals surface area contributed by atoms with Gasteiger partial charge in [-0.1, -0.05) is 30.3 Å². The van der Waals surface area contributed by atoms with Crippen molar-refractivity contribution in [3.05, 3.63) is 35.9 Å². The third-order valence-corrected chi connectivity index (χ3v) is 5.36. The summed E-state index contributed by atoms with van der Waals surface area (Å²) in [6, 6.07) is 10.4. The van der Waals surface area contributed by atoms with Gasteiger partial charge in [-0.2, -0.15) is 0 Å². The number of carbonyl (C=O) groups is 1. The normalized spacial score (nSPS) is 24.8. The Labute approximate surface area is 157 Å². The molecule has 2 fully saturated rings. The summed E-state index contributed by atoms with van der Waals surface area (Å²) in [6.45, 7) is 10.0. The molecule has 0 unspecified atom stereocenters. The molecule has 0 aromatic heterocycles. The first-order valence-electron chi connectivity index (χ1n) is 9.72. The van der Waals surface area contributed by atoms with Crippen LogP contribution < -0.4 is 5.32 Å². The number of carbonyl (C=O) groups excluding carboxylic acids is 1. The molecule has 1 amide bonds.